The second-order valence-electron chi connectivity index (χ2n) is 7.13. The predicted octanol–water partition coefficient (Wildman–Crippen LogP) is 3.77. The van der Waals surface area contributed by atoms with E-state index in [1.807, 2.05) is 6.92 Å². The van der Waals surface area contributed by atoms with E-state index >= 15 is 0 Å². The number of rotatable bonds is 4. The molecule has 1 unspecified atom stereocenters. The highest BCUT2D eigenvalue weighted by Crippen LogP contribution is 2.33. The molecular weight excluding hydrogens is 397 g/mol. The van der Waals surface area contributed by atoms with E-state index in [-0.39, 0.29) is 18.3 Å². The van der Waals surface area contributed by atoms with Crippen LogP contribution in [0.1, 0.15) is 23.7 Å². The van der Waals surface area contributed by atoms with Crippen LogP contribution in [0.4, 0.5) is 18.9 Å². The number of halogens is 3. The number of anilines is 1. The maximum Gasteiger partial charge on any atom is 0.194 e. The Morgan fingerprint density at radius 3 is 2.70 bits per heavy atom. The molecule has 0 saturated heterocycles. The molecule has 2 aromatic carbocycles. The molecule has 0 radical (unpaired) electrons. The first kappa shape index (κ1) is 19.9. The van der Waals surface area contributed by atoms with Gasteiger partial charge in [0.25, 0.3) is 0 Å². The Kier molecular flexibility index (Phi) is 5.20. The van der Waals surface area contributed by atoms with Gasteiger partial charge in [-0.1, -0.05) is 17.3 Å². The lowest BCUT2D eigenvalue weighted by molar-refractivity contribution is -0.0120. The van der Waals surface area contributed by atoms with Crippen LogP contribution in [0.2, 0.25) is 0 Å². The fourth-order valence-electron chi connectivity index (χ4n) is 3.56. The van der Waals surface area contributed by atoms with Crippen LogP contribution in [0, 0.1) is 28.8 Å². The van der Waals surface area contributed by atoms with Crippen LogP contribution >= 0.6 is 0 Å². The number of nitrogens with one attached hydrogen (secondary N) is 1. The Balaban J connectivity index is 1.60. The van der Waals surface area contributed by atoms with Crippen molar-refractivity contribution < 1.29 is 22.8 Å². The molecule has 3 aromatic rings. The van der Waals surface area contributed by atoms with Gasteiger partial charge in [-0.05, 0) is 19.1 Å². The Morgan fingerprint density at radius 2 is 2.00 bits per heavy atom. The number of aromatic nitrogens is 1. The second kappa shape index (κ2) is 7.82. The molecule has 0 bridgehead atoms. The summed E-state index contributed by atoms with van der Waals surface area (Å²) in [6.07, 6.45) is -0.827. The predicted molar refractivity (Wildman–Crippen MR) is 101 cm³/mol. The van der Waals surface area contributed by atoms with Gasteiger partial charge in [0.2, 0.25) is 0 Å². The highest BCUT2D eigenvalue weighted by atomic mass is 19.2. The van der Waals surface area contributed by atoms with E-state index in [1.54, 1.807) is 29.2 Å². The normalized spacial score (nSPS) is 17.3. The first-order valence-electron chi connectivity index (χ1n) is 9.20. The van der Waals surface area contributed by atoms with E-state index in [4.69, 9.17) is 9.78 Å². The third kappa shape index (κ3) is 3.63. The molecule has 0 fully saturated rings. The highest BCUT2D eigenvalue weighted by Gasteiger charge is 2.33. The molecule has 2 N–H and O–H groups in total. The lowest BCUT2D eigenvalue weighted by atomic mass is 9.97. The molecule has 2 atom stereocenters. The van der Waals surface area contributed by atoms with Crippen LogP contribution in [-0.2, 0) is 13.0 Å². The molecule has 9 heteroatoms. The van der Waals surface area contributed by atoms with Crippen molar-refractivity contribution >= 4 is 5.69 Å². The van der Waals surface area contributed by atoms with E-state index in [2.05, 4.69) is 16.5 Å². The highest BCUT2D eigenvalue weighted by molar-refractivity contribution is 5.64. The summed E-state index contributed by atoms with van der Waals surface area (Å²) in [7, 11) is 0. The van der Waals surface area contributed by atoms with Crippen molar-refractivity contribution in [2.45, 2.75) is 32.3 Å². The Morgan fingerprint density at radius 1 is 1.27 bits per heavy atom. The molecule has 0 aliphatic carbocycles. The molecule has 6 nitrogen and oxygen atoms in total. The Labute approximate surface area is 170 Å². The van der Waals surface area contributed by atoms with Crippen molar-refractivity contribution in [2.75, 3.05) is 5.32 Å². The van der Waals surface area contributed by atoms with E-state index < -0.39 is 23.8 Å². The maximum absolute atomic E-state index is 13.5. The van der Waals surface area contributed by atoms with Crippen molar-refractivity contribution in [3.63, 3.8) is 0 Å². The van der Waals surface area contributed by atoms with E-state index in [0.29, 0.717) is 23.3 Å². The summed E-state index contributed by atoms with van der Waals surface area (Å²) >= 11 is 0. The quantitative estimate of drug-likeness (QED) is 0.500. The van der Waals surface area contributed by atoms with Crippen LogP contribution in [0.5, 0.6) is 0 Å². The van der Waals surface area contributed by atoms with Gasteiger partial charge in [-0.25, -0.2) is 13.2 Å². The van der Waals surface area contributed by atoms with Crippen molar-refractivity contribution in [2.24, 2.45) is 0 Å². The number of nitrogens with zero attached hydrogens (tertiary/aromatic N) is 3. The fraction of sp³-hybridized carbons (Fsp3) is 0.238. The molecular formula is C21H17F3N4O2. The van der Waals surface area contributed by atoms with Crippen molar-refractivity contribution in [1.29, 1.82) is 5.26 Å². The fourth-order valence-corrected chi connectivity index (χ4v) is 3.56. The van der Waals surface area contributed by atoms with Gasteiger partial charge in [-0.2, -0.15) is 5.26 Å². The van der Waals surface area contributed by atoms with Crippen LogP contribution in [0.25, 0.3) is 11.3 Å². The molecule has 4 rings (SSSR count). The Hall–Kier alpha value is -3.35. The van der Waals surface area contributed by atoms with Crippen LogP contribution in [0.15, 0.2) is 40.9 Å². The lowest BCUT2D eigenvalue weighted by Gasteiger charge is -2.36. The van der Waals surface area contributed by atoms with Gasteiger partial charge in [0.05, 0.1) is 17.3 Å². The van der Waals surface area contributed by atoms with Crippen LogP contribution in [0.3, 0.4) is 0 Å². The van der Waals surface area contributed by atoms with Gasteiger partial charge in [0.1, 0.15) is 0 Å². The minimum absolute atomic E-state index is 0.0934. The largest absolute Gasteiger partial charge is 0.361 e. The van der Waals surface area contributed by atoms with Gasteiger partial charge in [-0.3, -0.25) is 4.90 Å². The standard InChI is InChI=1S/C21H17F3N4O2/c1-11-5-18-15(20(30-27-18)13-4-2-3-12(6-13)9-25)10-28(11)21(29)26-14-7-16(22)19(24)17(23)8-14/h2-4,6-8,11,21,26,29H,5,10H2,1H3/t11-,21?/m0/s1. The van der Waals surface area contributed by atoms with E-state index in [1.165, 1.54) is 0 Å². The van der Waals surface area contributed by atoms with Crippen LogP contribution in [-0.4, -0.2) is 27.6 Å². The number of benzene rings is 2. The van der Waals surface area contributed by atoms with Crippen molar-refractivity contribution in [3.8, 4) is 17.4 Å². The van der Waals surface area contributed by atoms with E-state index in [0.717, 1.165) is 23.4 Å². The summed E-state index contributed by atoms with van der Waals surface area (Å²) in [4.78, 5) is 1.66. The van der Waals surface area contributed by atoms with Crippen molar-refractivity contribution in [3.05, 3.63) is 70.7 Å². The molecule has 1 aromatic heterocycles. The summed E-state index contributed by atoms with van der Waals surface area (Å²) in [5.74, 6) is -3.78. The average Bonchev–Trinajstić information content (AvgIpc) is 3.14. The maximum atomic E-state index is 13.5. The van der Waals surface area contributed by atoms with Gasteiger partial charge in [-0.15, -0.1) is 0 Å². The van der Waals surface area contributed by atoms with Gasteiger partial charge in [0.15, 0.2) is 29.6 Å². The molecule has 154 valence electrons. The molecule has 0 amide bonds. The number of aliphatic hydroxyl groups excluding tert-OH is 1. The molecule has 2 heterocycles. The van der Waals surface area contributed by atoms with E-state index in [9.17, 15) is 18.3 Å². The molecule has 30 heavy (non-hydrogen) atoms. The number of hydrogen-bond acceptors (Lipinski definition) is 6. The second-order valence-corrected chi connectivity index (χ2v) is 7.13. The van der Waals surface area contributed by atoms with Crippen molar-refractivity contribution in [1.82, 2.24) is 10.1 Å². The van der Waals surface area contributed by atoms with Crippen LogP contribution < -0.4 is 5.32 Å². The number of hydrogen-bond donors (Lipinski definition) is 2. The Bertz CT molecular complexity index is 1120. The summed E-state index contributed by atoms with van der Waals surface area (Å²) in [6, 6.07) is 10.3. The summed E-state index contributed by atoms with van der Waals surface area (Å²) in [6.45, 7) is 2.11. The minimum atomic E-state index is -1.57. The number of fused-ring (bicyclic) bond motifs is 1. The summed E-state index contributed by atoms with van der Waals surface area (Å²) in [5, 5.41) is 26.5. The SMILES string of the molecule is C[C@H]1Cc2noc(-c3cccc(C#N)c3)c2CN1C(O)Nc1cc(F)c(F)c(F)c1. The first-order valence-corrected chi connectivity index (χ1v) is 9.20. The lowest BCUT2D eigenvalue weighted by Crippen LogP contribution is -2.48. The molecule has 1 aliphatic heterocycles. The van der Waals surface area contributed by atoms with Gasteiger partial charge in [0, 0.05) is 48.0 Å². The molecule has 1 aliphatic rings. The van der Waals surface area contributed by atoms with Gasteiger partial charge >= 0.3 is 0 Å². The number of nitriles is 1. The minimum Gasteiger partial charge on any atom is -0.361 e. The summed E-state index contributed by atoms with van der Waals surface area (Å²) in [5.41, 5.74) is 2.55. The zero-order chi connectivity index (χ0) is 21.4. The average molecular weight is 414 g/mol. The topological polar surface area (TPSA) is 85.3 Å². The third-order valence-electron chi connectivity index (χ3n) is 5.11. The smallest absolute Gasteiger partial charge is 0.194 e. The molecule has 0 spiro atoms. The third-order valence-corrected chi connectivity index (χ3v) is 5.11. The molecule has 0 saturated carbocycles. The zero-order valence-corrected chi connectivity index (χ0v) is 15.9. The monoisotopic (exact) mass is 414 g/mol. The first-order chi connectivity index (χ1) is 14.4. The zero-order valence-electron chi connectivity index (χ0n) is 15.9. The van der Waals surface area contributed by atoms with Gasteiger partial charge < -0.3 is 14.9 Å². The summed E-state index contributed by atoms with van der Waals surface area (Å²) < 4.78 is 45.6. The number of aliphatic hydroxyl groups is 1.